The van der Waals surface area contributed by atoms with Gasteiger partial charge in [-0.05, 0) is 6.08 Å². The number of carbonyl (C=O) groups excluding carboxylic acids is 1. The molecule has 0 bridgehead atoms. The van der Waals surface area contributed by atoms with Gasteiger partial charge < -0.3 is 9.72 Å². The van der Waals surface area contributed by atoms with Gasteiger partial charge in [-0.1, -0.05) is 0 Å². The molecule has 0 spiro atoms. The lowest BCUT2D eigenvalue weighted by atomic mass is 10.3. The Morgan fingerprint density at radius 2 is 2.27 bits per heavy atom. The lowest BCUT2D eigenvalue weighted by molar-refractivity contribution is -0.134. The molecule has 0 aromatic carbocycles. The van der Waals surface area contributed by atoms with Crippen molar-refractivity contribution in [2.45, 2.75) is 0 Å². The van der Waals surface area contributed by atoms with Crippen molar-refractivity contribution >= 4 is 23.2 Å². The van der Waals surface area contributed by atoms with Crippen molar-refractivity contribution in [1.29, 1.82) is 0 Å². The Morgan fingerprint density at radius 1 is 1.47 bits per heavy atom. The van der Waals surface area contributed by atoms with Crippen LogP contribution in [0.2, 0.25) is 0 Å². The number of hydrogen-bond donors (Lipinski definition) is 1. The second-order valence-electron chi connectivity index (χ2n) is 2.85. The number of rotatable bonds is 2. The number of nitrogens with zero attached hydrogens (tertiary/aromatic N) is 2. The van der Waals surface area contributed by atoms with Gasteiger partial charge in [0.15, 0.2) is 5.65 Å². The van der Waals surface area contributed by atoms with Gasteiger partial charge in [0, 0.05) is 30.2 Å². The summed E-state index contributed by atoms with van der Waals surface area (Å²) in [4.78, 5) is 22.1. The zero-order valence-corrected chi connectivity index (χ0v) is 8.10. The highest BCUT2D eigenvalue weighted by Gasteiger charge is 2.02. The molecule has 0 aliphatic carbocycles. The van der Waals surface area contributed by atoms with Gasteiger partial charge in [-0.3, -0.25) is 4.98 Å². The van der Waals surface area contributed by atoms with Crippen molar-refractivity contribution < 1.29 is 9.53 Å². The van der Waals surface area contributed by atoms with Crippen LogP contribution < -0.4 is 0 Å². The molecule has 2 aromatic rings. The van der Waals surface area contributed by atoms with Crippen LogP contribution in [0.5, 0.6) is 0 Å². The smallest absolute Gasteiger partial charge is 0.330 e. The second-order valence-corrected chi connectivity index (χ2v) is 2.85. The molecule has 0 aliphatic heterocycles. The third-order valence-electron chi connectivity index (χ3n) is 1.94. The molecule has 0 saturated heterocycles. The summed E-state index contributed by atoms with van der Waals surface area (Å²) < 4.78 is 4.49. The first-order valence-electron chi connectivity index (χ1n) is 4.35. The molecule has 0 fully saturated rings. The lowest BCUT2D eigenvalue weighted by Crippen LogP contribution is -1.93. The highest BCUT2D eigenvalue weighted by molar-refractivity contribution is 5.91. The standard InChI is InChI=1S/C10H9N3O2/c1-15-8(14)3-2-7-6-13-10-9(7)11-4-5-12-10/h2-6H,1H3,(H,12,13). The summed E-state index contributed by atoms with van der Waals surface area (Å²) in [6, 6.07) is 0. The number of carbonyl (C=O) groups is 1. The predicted molar refractivity (Wildman–Crippen MR) is 54.9 cm³/mol. The van der Waals surface area contributed by atoms with Crippen molar-refractivity contribution in [1.82, 2.24) is 15.0 Å². The van der Waals surface area contributed by atoms with E-state index < -0.39 is 5.97 Å². The zero-order chi connectivity index (χ0) is 10.7. The quantitative estimate of drug-likeness (QED) is 0.587. The molecule has 2 aromatic heterocycles. The monoisotopic (exact) mass is 203 g/mol. The average Bonchev–Trinajstić information content (AvgIpc) is 2.69. The predicted octanol–water partition coefficient (Wildman–Crippen LogP) is 1.14. The van der Waals surface area contributed by atoms with E-state index in [1.807, 2.05) is 0 Å². The van der Waals surface area contributed by atoms with Gasteiger partial charge in [0.1, 0.15) is 5.52 Å². The molecule has 0 radical (unpaired) electrons. The van der Waals surface area contributed by atoms with Crippen LogP contribution in [-0.2, 0) is 9.53 Å². The van der Waals surface area contributed by atoms with E-state index in [1.165, 1.54) is 13.2 Å². The minimum atomic E-state index is -0.395. The number of aromatic nitrogens is 3. The number of aromatic amines is 1. The van der Waals surface area contributed by atoms with Gasteiger partial charge in [-0.15, -0.1) is 0 Å². The number of esters is 1. The van der Waals surface area contributed by atoms with Crippen LogP contribution >= 0.6 is 0 Å². The minimum Gasteiger partial charge on any atom is -0.466 e. The van der Waals surface area contributed by atoms with E-state index in [0.717, 1.165) is 11.1 Å². The topological polar surface area (TPSA) is 67.9 Å². The Morgan fingerprint density at radius 3 is 3.07 bits per heavy atom. The number of ether oxygens (including phenoxy) is 1. The largest absolute Gasteiger partial charge is 0.466 e. The maximum atomic E-state index is 10.9. The molecule has 0 aliphatic rings. The number of nitrogens with one attached hydrogen (secondary N) is 1. The summed E-state index contributed by atoms with van der Waals surface area (Å²) in [6.45, 7) is 0. The Hall–Kier alpha value is -2.17. The Labute approximate surface area is 85.8 Å². The molecule has 0 atom stereocenters. The summed E-state index contributed by atoms with van der Waals surface area (Å²) in [5.41, 5.74) is 2.24. The van der Waals surface area contributed by atoms with Crippen LogP contribution in [0, 0.1) is 0 Å². The van der Waals surface area contributed by atoms with E-state index in [4.69, 9.17) is 0 Å². The number of fused-ring (bicyclic) bond motifs is 1. The fraction of sp³-hybridized carbons (Fsp3) is 0.100. The Kier molecular flexibility index (Phi) is 2.45. The molecular formula is C10H9N3O2. The summed E-state index contributed by atoms with van der Waals surface area (Å²) >= 11 is 0. The van der Waals surface area contributed by atoms with E-state index in [1.54, 1.807) is 24.7 Å². The number of hydrogen-bond acceptors (Lipinski definition) is 4. The SMILES string of the molecule is COC(=O)C=Cc1c[nH]c2nccnc12. The number of H-pyrrole nitrogens is 1. The molecular weight excluding hydrogens is 194 g/mol. The van der Waals surface area contributed by atoms with Crippen molar-refractivity contribution in [3.8, 4) is 0 Å². The van der Waals surface area contributed by atoms with E-state index in [-0.39, 0.29) is 0 Å². The zero-order valence-electron chi connectivity index (χ0n) is 8.10. The average molecular weight is 203 g/mol. The molecule has 0 saturated carbocycles. The Bertz CT molecular complexity index is 516. The highest BCUT2D eigenvalue weighted by Crippen LogP contribution is 2.13. The van der Waals surface area contributed by atoms with E-state index in [0.29, 0.717) is 5.65 Å². The molecule has 76 valence electrons. The van der Waals surface area contributed by atoms with E-state index >= 15 is 0 Å². The van der Waals surface area contributed by atoms with Crippen LogP contribution in [0.1, 0.15) is 5.56 Å². The molecule has 0 unspecified atom stereocenters. The van der Waals surface area contributed by atoms with Crippen molar-refractivity contribution in [2.75, 3.05) is 7.11 Å². The van der Waals surface area contributed by atoms with Gasteiger partial charge >= 0.3 is 5.97 Å². The number of methoxy groups -OCH3 is 1. The lowest BCUT2D eigenvalue weighted by Gasteiger charge is -1.90. The fourth-order valence-corrected chi connectivity index (χ4v) is 1.22. The van der Waals surface area contributed by atoms with Gasteiger partial charge in [-0.2, -0.15) is 0 Å². The maximum absolute atomic E-state index is 10.9. The summed E-state index contributed by atoms with van der Waals surface area (Å²) in [6.07, 6.45) is 7.93. The summed E-state index contributed by atoms with van der Waals surface area (Å²) in [5, 5.41) is 0. The van der Waals surface area contributed by atoms with Crippen LogP contribution in [-0.4, -0.2) is 28.0 Å². The van der Waals surface area contributed by atoms with Gasteiger partial charge in [0.2, 0.25) is 0 Å². The van der Waals surface area contributed by atoms with Crippen LogP contribution in [0.3, 0.4) is 0 Å². The molecule has 0 amide bonds. The van der Waals surface area contributed by atoms with E-state index in [9.17, 15) is 4.79 Å². The summed E-state index contributed by atoms with van der Waals surface area (Å²) in [5.74, 6) is -0.395. The van der Waals surface area contributed by atoms with Crippen molar-refractivity contribution in [3.63, 3.8) is 0 Å². The molecule has 2 heterocycles. The first-order chi connectivity index (χ1) is 7.31. The molecule has 5 nitrogen and oxygen atoms in total. The minimum absolute atomic E-state index is 0.395. The van der Waals surface area contributed by atoms with Crippen LogP contribution in [0.25, 0.3) is 17.2 Å². The fourth-order valence-electron chi connectivity index (χ4n) is 1.22. The Balaban J connectivity index is 2.36. The normalized spacial score (nSPS) is 11.0. The van der Waals surface area contributed by atoms with Gasteiger partial charge in [-0.25, -0.2) is 9.78 Å². The van der Waals surface area contributed by atoms with Crippen molar-refractivity contribution in [2.24, 2.45) is 0 Å². The first-order valence-corrected chi connectivity index (χ1v) is 4.35. The van der Waals surface area contributed by atoms with Crippen molar-refractivity contribution in [3.05, 3.63) is 30.2 Å². The molecule has 2 rings (SSSR count). The summed E-state index contributed by atoms with van der Waals surface area (Å²) in [7, 11) is 1.34. The third kappa shape index (κ3) is 1.85. The highest BCUT2D eigenvalue weighted by atomic mass is 16.5. The molecule has 15 heavy (non-hydrogen) atoms. The van der Waals surface area contributed by atoms with Crippen LogP contribution in [0.4, 0.5) is 0 Å². The molecule has 1 N–H and O–H groups in total. The second kappa shape index (κ2) is 3.91. The van der Waals surface area contributed by atoms with E-state index in [2.05, 4.69) is 19.7 Å². The first kappa shape index (κ1) is 9.39. The maximum Gasteiger partial charge on any atom is 0.330 e. The molecule has 5 heteroatoms. The third-order valence-corrected chi connectivity index (χ3v) is 1.94. The van der Waals surface area contributed by atoms with Gasteiger partial charge in [0.25, 0.3) is 0 Å². The van der Waals surface area contributed by atoms with Crippen LogP contribution in [0.15, 0.2) is 24.7 Å². The van der Waals surface area contributed by atoms with Gasteiger partial charge in [0.05, 0.1) is 7.11 Å².